The average molecular weight is 377 g/mol. The quantitative estimate of drug-likeness (QED) is 0.479. The zero-order valence-electron chi connectivity index (χ0n) is 15.4. The fraction of sp³-hybridized carbons (Fsp3) is 0.238. The van der Waals surface area contributed by atoms with E-state index in [2.05, 4.69) is 9.97 Å². The van der Waals surface area contributed by atoms with Crippen LogP contribution in [0.15, 0.2) is 57.7 Å². The molecule has 0 amide bonds. The highest BCUT2D eigenvalue weighted by atomic mass is 16.5. The number of para-hydroxylation sites is 4. The number of carbonyl (C=O) groups excluding carboxylic acids is 1. The van der Waals surface area contributed by atoms with E-state index in [1.54, 1.807) is 6.07 Å². The molecule has 0 N–H and O–H groups in total. The van der Waals surface area contributed by atoms with Crippen LogP contribution in [0.4, 0.5) is 0 Å². The summed E-state index contributed by atoms with van der Waals surface area (Å²) in [6.07, 6.45) is 0.677. The second-order valence-corrected chi connectivity index (χ2v) is 6.50. The van der Waals surface area contributed by atoms with Gasteiger partial charge in [-0.1, -0.05) is 24.3 Å². The number of hydrogen-bond donors (Lipinski definition) is 0. The van der Waals surface area contributed by atoms with E-state index >= 15 is 0 Å². The Morgan fingerprint density at radius 1 is 1.07 bits per heavy atom. The van der Waals surface area contributed by atoms with E-state index in [0.29, 0.717) is 24.2 Å². The summed E-state index contributed by atoms with van der Waals surface area (Å²) in [6.45, 7) is 2.32. The van der Waals surface area contributed by atoms with Crippen LogP contribution >= 0.6 is 0 Å². The Kier molecular flexibility index (Phi) is 4.89. The number of nitrogens with zero attached hydrogens (tertiary/aromatic N) is 3. The molecule has 7 nitrogen and oxygen atoms in total. The van der Waals surface area contributed by atoms with Crippen LogP contribution in [0, 0.1) is 6.92 Å². The lowest BCUT2D eigenvalue weighted by Gasteiger charge is -2.08. The zero-order chi connectivity index (χ0) is 19.5. The molecule has 28 heavy (non-hydrogen) atoms. The lowest BCUT2D eigenvalue weighted by molar-refractivity contribution is -0.145. The van der Waals surface area contributed by atoms with Crippen LogP contribution in [0.3, 0.4) is 0 Å². The number of aromatic nitrogens is 3. The summed E-state index contributed by atoms with van der Waals surface area (Å²) in [6, 6.07) is 14.8. The largest absolute Gasteiger partial charge is 0.459 e. The van der Waals surface area contributed by atoms with Crippen LogP contribution in [0.2, 0.25) is 0 Å². The Balaban J connectivity index is 1.34. The van der Waals surface area contributed by atoms with Crippen LogP contribution in [0.5, 0.6) is 0 Å². The molecule has 0 saturated carbocycles. The third kappa shape index (κ3) is 3.64. The van der Waals surface area contributed by atoms with Crippen molar-refractivity contribution < 1.29 is 13.9 Å². The number of fused-ring (bicyclic) bond motifs is 2. The van der Waals surface area contributed by atoms with Crippen molar-refractivity contribution in [3.8, 4) is 0 Å². The Hall–Kier alpha value is -3.48. The second-order valence-electron chi connectivity index (χ2n) is 6.50. The fourth-order valence-electron chi connectivity index (χ4n) is 3.09. The average Bonchev–Trinajstić information content (AvgIpc) is 3.01. The molecule has 0 spiro atoms. The molecule has 0 atom stereocenters. The van der Waals surface area contributed by atoms with Gasteiger partial charge >= 0.3 is 11.7 Å². The molecule has 4 aromatic rings. The van der Waals surface area contributed by atoms with Crippen molar-refractivity contribution in [2.45, 2.75) is 32.9 Å². The van der Waals surface area contributed by atoms with Crippen LogP contribution < -0.4 is 5.76 Å². The molecule has 7 heteroatoms. The van der Waals surface area contributed by atoms with Gasteiger partial charge < -0.3 is 9.15 Å². The minimum atomic E-state index is -0.420. The molecule has 2 aromatic heterocycles. The van der Waals surface area contributed by atoms with Crippen LogP contribution in [0.1, 0.15) is 24.2 Å². The summed E-state index contributed by atoms with van der Waals surface area (Å²) < 4.78 is 12.1. The van der Waals surface area contributed by atoms with Gasteiger partial charge in [-0.2, -0.15) is 0 Å². The van der Waals surface area contributed by atoms with E-state index in [4.69, 9.17) is 9.15 Å². The second kappa shape index (κ2) is 7.64. The van der Waals surface area contributed by atoms with Crippen LogP contribution in [-0.2, 0) is 22.7 Å². The normalized spacial score (nSPS) is 11.2. The first kappa shape index (κ1) is 17.9. The molecule has 0 aliphatic heterocycles. The van der Waals surface area contributed by atoms with Gasteiger partial charge in [0.25, 0.3) is 0 Å². The first-order valence-electron chi connectivity index (χ1n) is 9.08. The Labute approximate surface area is 160 Å². The molecule has 0 fully saturated rings. The monoisotopic (exact) mass is 377 g/mol. The van der Waals surface area contributed by atoms with Gasteiger partial charge in [0.2, 0.25) is 0 Å². The summed E-state index contributed by atoms with van der Waals surface area (Å²) in [5, 5.41) is 0. The van der Waals surface area contributed by atoms with Crippen molar-refractivity contribution in [2.75, 3.05) is 0 Å². The summed E-state index contributed by atoms with van der Waals surface area (Å²) >= 11 is 0. The van der Waals surface area contributed by atoms with E-state index in [-0.39, 0.29) is 19.0 Å². The smallest absolute Gasteiger partial charge is 0.419 e. The predicted molar refractivity (Wildman–Crippen MR) is 104 cm³/mol. The van der Waals surface area contributed by atoms with E-state index in [1.165, 1.54) is 4.57 Å². The van der Waals surface area contributed by atoms with Gasteiger partial charge in [0.05, 0.1) is 27.9 Å². The third-order valence-electron chi connectivity index (χ3n) is 4.55. The number of carbonyl (C=O) groups is 1. The lowest BCUT2D eigenvalue weighted by atomic mass is 10.2. The first-order valence-corrected chi connectivity index (χ1v) is 9.08. The van der Waals surface area contributed by atoms with E-state index < -0.39 is 5.76 Å². The predicted octanol–water partition coefficient (Wildman–Crippen LogP) is 3.37. The van der Waals surface area contributed by atoms with E-state index in [0.717, 1.165) is 22.2 Å². The zero-order valence-corrected chi connectivity index (χ0v) is 15.4. The van der Waals surface area contributed by atoms with Crippen molar-refractivity contribution in [3.05, 3.63) is 70.5 Å². The number of aryl methyl sites for hydroxylation is 2. The number of oxazole rings is 1. The number of ether oxygens (including phenoxy) is 1. The minimum absolute atomic E-state index is 0.0804. The topological polar surface area (TPSA) is 87.2 Å². The number of hydrogen-bond acceptors (Lipinski definition) is 6. The van der Waals surface area contributed by atoms with Gasteiger partial charge in [-0.05, 0) is 37.6 Å². The number of rotatable bonds is 6. The highest BCUT2D eigenvalue weighted by Crippen LogP contribution is 2.14. The summed E-state index contributed by atoms with van der Waals surface area (Å²) in [7, 11) is 0. The highest BCUT2D eigenvalue weighted by Gasteiger charge is 2.11. The van der Waals surface area contributed by atoms with Gasteiger partial charge in [0, 0.05) is 13.0 Å². The van der Waals surface area contributed by atoms with E-state index in [1.807, 2.05) is 49.4 Å². The Bertz CT molecular complexity index is 1210. The molecule has 2 aromatic carbocycles. The maximum atomic E-state index is 12.1. The van der Waals surface area contributed by atoms with Crippen LogP contribution in [-0.4, -0.2) is 20.5 Å². The first-order chi connectivity index (χ1) is 13.6. The fourth-order valence-corrected chi connectivity index (χ4v) is 3.09. The van der Waals surface area contributed by atoms with Gasteiger partial charge in [-0.3, -0.25) is 9.36 Å². The summed E-state index contributed by atoms with van der Waals surface area (Å²) in [5.41, 5.74) is 4.23. The van der Waals surface area contributed by atoms with Gasteiger partial charge in [-0.15, -0.1) is 0 Å². The SMILES string of the molecule is Cc1nc2ccccc2nc1COC(=O)CCCn1c(=O)oc2ccccc21. The molecule has 0 saturated heterocycles. The Morgan fingerprint density at radius 3 is 2.61 bits per heavy atom. The van der Waals surface area contributed by atoms with Crippen LogP contribution in [0.25, 0.3) is 22.1 Å². The number of esters is 1. The number of benzene rings is 2. The molecule has 0 unspecified atom stereocenters. The van der Waals surface area contributed by atoms with E-state index in [9.17, 15) is 9.59 Å². The maximum absolute atomic E-state index is 12.1. The molecule has 2 heterocycles. The third-order valence-corrected chi connectivity index (χ3v) is 4.55. The van der Waals surface area contributed by atoms with Crippen molar-refractivity contribution in [3.63, 3.8) is 0 Å². The maximum Gasteiger partial charge on any atom is 0.419 e. The summed E-state index contributed by atoms with van der Waals surface area (Å²) in [5.74, 6) is -0.758. The molecule has 4 rings (SSSR count). The molecule has 142 valence electrons. The van der Waals surface area contributed by atoms with Gasteiger partial charge in [0.15, 0.2) is 5.58 Å². The minimum Gasteiger partial charge on any atom is -0.459 e. The van der Waals surface area contributed by atoms with Crippen molar-refractivity contribution in [1.29, 1.82) is 0 Å². The molecule has 0 bridgehead atoms. The standard InChI is InChI=1S/C21H19N3O4/c1-14-17(23-16-8-3-2-7-15(16)22-14)13-27-20(25)11-6-12-24-18-9-4-5-10-19(18)28-21(24)26/h2-5,7-10H,6,11-13H2,1H3. The van der Waals surface area contributed by atoms with Crippen molar-refractivity contribution in [2.24, 2.45) is 0 Å². The molecule has 0 radical (unpaired) electrons. The molecule has 0 aliphatic rings. The van der Waals surface area contributed by atoms with Crippen molar-refractivity contribution in [1.82, 2.24) is 14.5 Å². The van der Waals surface area contributed by atoms with Crippen molar-refractivity contribution >= 4 is 28.1 Å². The Morgan fingerprint density at radius 2 is 1.79 bits per heavy atom. The molecular weight excluding hydrogens is 358 g/mol. The summed E-state index contributed by atoms with van der Waals surface area (Å²) in [4.78, 5) is 33.0. The lowest BCUT2D eigenvalue weighted by Crippen LogP contribution is -2.15. The highest BCUT2D eigenvalue weighted by molar-refractivity contribution is 5.74. The van der Waals surface area contributed by atoms with Gasteiger partial charge in [-0.25, -0.2) is 14.8 Å². The molecule has 0 aliphatic carbocycles. The molecular formula is C21H19N3O4. The van der Waals surface area contributed by atoms with Gasteiger partial charge in [0.1, 0.15) is 6.61 Å².